The van der Waals surface area contributed by atoms with Gasteiger partial charge in [0.15, 0.2) is 5.82 Å². The molecule has 2 heterocycles. The van der Waals surface area contributed by atoms with Crippen molar-refractivity contribution in [3.05, 3.63) is 34.7 Å². The third-order valence-corrected chi connectivity index (χ3v) is 5.71. The van der Waals surface area contributed by atoms with Crippen molar-refractivity contribution in [2.45, 2.75) is 37.8 Å². The van der Waals surface area contributed by atoms with Gasteiger partial charge in [-0.05, 0) is 37.8 Å². The lowest BCUT2D eigenvalue weighted by atomic mass is 9.93. The van der Waals surface area contributed by atoms with Gasteiger partial charge in [0.1, 0.15) is 17.4 Å². The first-order chi connectivity index (χ1) is 14.4. The lowest BCUT2D eigenvalue weighted by Crippen LogP contribution is -2.28. The van der Waals surface area contributed by atoms with Crippen molar-refractivity contribution in [3.63, 3.8) is 0 Å². The number of aromatic nitrogens is 4. The van der Waals surface area contributed by atoms with Crippen molar-refractivity contribution < 1.29 is 5.11 Å². The molecule has 0 unspecified atom stereocenters. The number of nitrogens with zero attached hydrogens (tertiary/aromatic N) is 5. The normalized spacial score (nSPS) is 19.0. The average Bonchev–Trinajstić information content (AvgIpc) is 2.69. The molecule has 0 bridgehead atoms. The van der Waals surface area contributed by atoms with E-state index in [-0.39, 0.29) is 12.1 Å². The van der Waals surface area contributed by atoms with E-state index in [0.29, 0.717) is 38.5 Å². The number of aliphatic hydroxyl groups excluding tert-OH is 1. The fourth-order valence-corrected chi connectivity index (χ4v) is 4.44. The molecule has 2 aromatic heterocycles. The lowest BCUT2D eigenvalue weighted by Gasteiger charge is -2.26. The Morgan fingerprint density at radius 2 is 1.73 bits per heavy atom. The zero-order valence-electron chi connectivity index (χ0n) is 16.7. The first-order valence-corrected chi connectivity index (χ1v) is 10.5. The molecule has 0 saturated heterocycles. The van der Waals surface area contributed by atoms with Crippen LogP contribution in [0.5, 0.6) is 0 Å². The van der Waals surface area contributed by atoms with Crippen LogP contribution in [0.3, 0.4) is 0 Å². The molecular weight excluding hydrogens is 425 g/mol. The fraction of sp³-hybridized carbons (Fsp3) is 0.400. The smallest absolute Gasteiger partial charge is 0.223 e. The monoisotopic (exact) mass is 447 g/mol. The summed E-state index contributed by atoms with van der Waals surface area (Å²) in [5.41, 5.74) is 2.67. The predicted octanol–water partition coefficient (Wildman–Crippen LogP) is 4.25. The van der Waals surface area contributed by atoms with Gasteiger partial charge >= 0.3 is 0 Å². The predicted molar refractivity (Wildman–Crippen MR) is 121 cm³/mol. The van der Waals surface area contributed by atoms with E-state index >= 15 is 0 Å². The lowest BCUT2D eigenvalue weighted by molar-refractivity contribution is 0.126. The Balaban J connectivity index is 1.61. The van der Waals surface area contributed by atoms with Crippen LogP contribution < -0.4 is 15.5 Å². The molecule has 1 aliphatic rings. The fourth-order valence-electron chi connectivity index (χ4n) is 3.62. The summed E-state index contributed by atoms with van der Waals surface area (Å²) in [6, 6.07) is 3.83. The van der Waals surface area contributed by atoms with E-state index in [1.54, 1.807) is 18.3 Å². The molecule has 3 N–H and O–H groups in total. The summed E-state index contributed by atoms with van der Waals surface area (Å²) in [6.07, 6.45) is 6.26. The van der Waals surface area contributed by atoms with Gasteiger partial charge in [0, 0.05) is 25.8 Å². The van der Waals surface area contributed by atoms with Crippen LogP contribution >= 0.6 is 23.2 Å². The number of anilines is 4. The second kappa shape index (κ2) is 8.75. The van der Waals surface area contributed by atoms with Crippen molar-refractivity contribution >= 4 is 57.4 Å². The van der Waals surface area contributed by atoms with E-state index in [9.17, 15) is 5.11 Å². The van der Waals surface area contributed by atoms with Gasteiger partial charge in [-0.3, -0.25) is 0 Å². The van der Waals surface area contributed by atoms with Crippen LogP contribution in [0.25, 0.3) is 11.0 Å². The van der Waals surface area contributed by atoms with Crippen LogP contribution in [0.2, 0.25) is 10.0 Å². The molecule has 10 heteroatoms. The number of fused-ring (bicyclic) bond motifs is 1. The standard InChI is InChI=1S/C20H23Cl2N7O/c1-29(2)18-14(21)7-12(8-15(18)22)26-19-17-16(24-10-25-19)9-23-20(28-17)27-11-3-5-13(30)6-4-11/h7-11,13,30H,3-6H2,1-2H3,(H,23,27,28)(H,24,25,26). The minimum absolute atomic E-state index is 0.206. The third kappa shape index (κ3) is 4.50. The number of rotatable bonds is 5. The van der Waals surface area contributed by atoms with Crippen LogP contribution in [0, 0.1) is 0 Å². The Labute approximate surface area is 184 Å². The van der Waals surface area contributed by atoms with E-state index in [0.717, 1.165) is 31.4 Å². The van der Waals surface area contributed by atoms with Crippen molar-refractivity contribution in [1.82, 2.24) is 19.9 Å². The summed E-state index contributed by atoms with van der Waals surface area (Å²) in [4.78, 5) is 19.5. The average molecular weight is 448 g/mol. The molecule has 3 aromatic rings. The Kier molecular flexibility index (Phi) is 6.08. The van der Waals surface area contributed by atoms with Gasteiger partial charge in [0.25, 0.3) is 0 Å². The summed E-state index contributed by atoms with van der Waals surface area (Å²) in [5.74, 6) is 1.05. The van der Waals surface area contributed by atoms with E-state index in [1.165, 1.54) is 6.33 Å². The molecule has 0 atom stereocenters. The van der Waals surface area contributed by atoms with Crippen LogP contribution in [-0.4, -0.2) is 51.3 Å². The van der Waals surface area contributed by atoms with E-state index in [4.69, 9.17) is 23.2 Å². The Bertz CT molecular complexity index is 1030. The molecule has 1 saturated carbocycles. The summed E-state index contributed by atoms with van der Waals surface area (Å²) >= 11 is 12.8. The second-order valence-corrected chi connectivity index (χ2v) is 8.42. The highest BCUT2D eigenvalue weighted by Gasteiger charge is 2.20. The number of hydrogen-bond acceptors (Lipinski definition) is 8. The van der Waals surface area contributed by atoms with Gasteiger partial charge in [-0.15, -0.1) is 0 Å². The first kappa shape index (κ1) is 20.8. The maximum atomic E-state index is 9.69. The third-order valence-electron chi connectivity index (χ3n) is 5.13. The van der Waals surface area contributed by atoms with Crippen LogP contribution in [0.4, 0.5) is 23.1 Å². The highest BCUT2D eigenvalue weighted by Crippen LogP contribution is 2.36. The van der Waals surface area contributed by atoms with Gasteiger partial charge in [0.05, 0.1) is 28.0 Å². The summed E-state index contributed by atoms with van der Waals surface area (Å²) < 4.78 is 0. The van der Waals surface area contributed by atoms with Gasteiger partial charge in [-0.2, -0.15) is 0 Å². The number of aliphatic hydroxyl groups is 1. The van der Waals surface area contributed by atoms with E-state index < -0.39 is 0 Å². The quantitative estimate of drug-likeness (QED) is 0.533. The van der Waals surface area contributed by atoms with Crippen molar-refractivity contribution in [2.24, 2.45) is 0 Å². The second-order valence-electron chi connectivity index (χ2n) is 7.61. The minimum Gasteiger partial charge on any atom is -0.393 e. The number of benzene rings is 1. The van der Waals surface area contributed by atoms with Crippen molar-refractivity contribution in [3.8, 4) is 0 Å². The van der Waals surface area contributed by atoms with Crippen molar-refractivity contribution in [1.29, 1.82) is 0 Å². The maximum absolute atomic E-state index is 9.69. The van der Waals surface area contributed by atoms with Gasteiger partial charge in [0.2, 0.25) is 5.95 Å². The molecule has 158 valence electrons. The molecule has 30 heavy (non-hydrogen) atoms. The Morgan fingerprint density at radius 3 is 2.40 bits per heavy atom. The zero-order chi connectivity index (χ0) is 21.3. The van der Waals surface area contributed by atoms with Gasteiger partial charge in [-0.25, -0.2) is 19.9 Å². The molecule has 0 radical (unpaired) electrons. The molecule has 0 amide bonds. The maximum Gasteiger partial charge on any atom is 0.223 e. The molecule has 8 nitrogen and oxygen atoms in total. The molecule has 1 fully saturated rings. The van der Waals surface area contributed by atoms with Gasteiger partial charge < -0.3 is 20.6 Å². The number of halogens is 2. The molecule has 1 aliphatic carbocycles. The molecular formula is C20H23Cl2N7O. The molecule has 4 rings (SSSR count). The SMILES string of the molecule is CN(C)c1c(Cl)cc(Nc2ncnc3cnc(NC4CCC(O)CC4)nc23)cc1Cl. The molecule has 0 spiro atoms. The summed E-state index contributed by atoms with van der Waals surface area (Å²) in [5, 5.41) is 17.4. The Hall–Kier alpha value is -2.42. The summed E-state index contributed by atoms with van der Waals surface area (Å²) in [7, 11) is 3.77. The largest absolute Gasteiger partial charge is 0.393 e. The first-order valence-electron chi connectivity index (χ1n) is 9.76. The van der Waals surface area contributed by atoms with E-state index in [2.05, 4.69) is 30.6 Å². The number of hydrogen-bond donors (Lipinski definition) is 3. The van der Waals surface area contributed by atoms with Crippen LogP contribution in [0.15, 0.2) is 24.7 Å². The van der Waals surface area contributed by atoms with Gasteiger partial charge in [-0.1, -0.05) is 23.2 Å². The van der Waals surface area contributed by atoms with Crippen LogP contribution in [0.1, 0.15) is 25.7 Å². The summed E-state index contributed by atoms with van der Waals surface area (Å²) in [6.45, 7) is 0. The zero-order valence-corrected chi connectivity index (χ0v) is 18.2. The number of nitrogens with one attached hydrogen (secondary N) is 2. The molecule has 1 aromatic carbocycles. The molecule has 0 aliphatic heterocycles. The highest BCUT2D eigenvalue weighted by atomic mass is 35.5. The van der Waals surface area contributed by atoms with Crippen LogP contribution in [-0.2, 0) is 0 Å². The topological polar surface area (TPSA) is 99.1 Å². The highest BCUT2D eigenvalue weighted by molar-refractivity contribution is 6.39. The van der Waals surface area contributed by atoms with Crippen molar-refractivity contribution in [2.75, 3.05) is 29.6 Å². The minimum atomic E-state index is -0.206. The Morgan fingerprint density at radius 1 is 1.03 bits per heavy atom. The van der Waals surface area contributed by atoms with E-state index in [1.807, 2.05) is 19.0 Å².